The van der Waals surface area contributed by atoms with Crippen LogP contribution in [0.5, 0.6) is 0 Å². The highest BCUT2D eigenvalue weighted by Gasteiger charge is 2.23. The fraction of sp³-hybridized carbons (Fsp3) is 0.632. The van der Waals surface area contributed by atoms with Crippen LogP contribution in [0.15, 0.2) is 28.0 Å². The van der Waals surface area contributed by atoms with Crippen LogP contribution in [0, 0.1) is 0 Å². The van der Waals surface area contributed by atoms with Gasteiger partial charge in [0, 0.05) is 12.6 Å². The van der Waals surface area contributed by atoms with Crippen LogP contribution in [-0.2, 0) is 16.1 Å². The molecule has 1 aliphatic heterocycles. The van der Waals surface area contributed by atoms with Gasteiger partial charge < -0.3 is 14.5 Å². The molecule has 7 nitrogen and oxygen atoms in total. The van der Waals surface area contributed by atoms with Gasteiger partial charge in [0.25, 0.3) is 0 Å². The lowest BCUT2D eigenvalue weighted by molar-refractivity contribution is -0.119. The van der Waals surface area contributed by atoms with E-state index < -0.39 is 0 Å². The molecule has 0 aromatic carbocycles. The normalized spacial score (nSPS) is 20.8. The zero-order valence-corrected chi connectivity index (χ0v) is 16.2. The van der Waals surface area contributed by atoms with Gasteiger partial charge in [-0.1, -0.05) is 31.0 Å². The highest BCUT2D eigenvalue weighted by molar-refractivity contribution is 7.99. The number of hydrogen-bond acceptors (Lipinski definition) is 6. The molecular formula is C19H26N4O3S. The summed E-state index contributed by atoms with van der Waals surface area (Å²) in [6.07, 6.45) is 9.78. The topological polar surface area (TPSA) is 82.2 Å². The van der Waals surface area contributed by atoms with Gasteiger partial charge in [-0.3, -0.25) is 9.36 Å². The molecule has 1 atom stereocenters. The second-order valence-electron chi connectivity index (χ2n) is 7.22. The van der Waals surface area contributed by atoms with Crippen molar-refractivity contribution < 1.29 is 13.9 Å². The van der Waals surface area contributed by atoms with Gasteiger partial charge in [0.2, 0.25) is 11.7 Å². The van der Waals surface area contributed by atoms with Crippen molar-refractivity contribution in [3.05, 3.63) is 18.4 Å². The summed E-state index contributed by atoms with van der Waals surface area (Å²) >= 11 is 1.43. The number of carbonyl (C=O) groups is 1. The third-order valence-corrected chi connectivity index (χ3v) is 6.14. The highest BCUT2D eigenvalue weighted by Crippen LogP contribution is 2.27. The van der Waals surface area contributed by atoms with Gasteiger partial charge >= 0.3 is 0 Å². The van der Waals surface area contributed by atoms with Gasteiger partial charge in [0.1, 0.15) is 0 Å². The van der Waals surface area contributed by atoms with Crippen molar-refractivity contribution in [3.63, 3.8) is 0 Å². The second kappa shape index (κ2) is 8.93. The third-order valence-electron chi connectivity index (χ3n) is 5.17. The van der Waals surface area contributed by atoms with Crippen molar-refractivity contribution in [1.29, 1.82) is 0 Å². The summed E-state index contributed by atoms with van der Waals surface area (Å²) in [6.45, 7) is 1.48. The predicted octanol–water partition coefficient (Wildman–Crippen LogP) is 3.26. The molecule has 2 aromatic rings. The minimum absolute atomic E-state index is 0.0677. The molecule has 1 saturated heterocycles. The Morgan fingerprint density at radius 3 is 2.85 bits per heavy atom. The van der Waals surface area contributed by atoms with E-state index in [4.69, 9.17) is 9.15 Å². The van der Waals surface area contributed by atoms with Crippen molar-refractivity contribution in [3.8, 4) is 11.6 Å². The highest BCUT2D eigenvalue weighted by atomic mass is 32.2. The molecule has 27 heavy (non-hydrogen) atoms. The average Bonchev–Trinajstić information content (AvgIpc) is 3.44. The molecule has 0 radical (unpaired) electrons. The fourth-order valence-corrected chi connectivity index (χ4v) is 4.55. The van der Waals surface area contributed by atoms with Crippen LogP contribution in [0.3, 0.4) is 0 Å². The number of ether oxygens (including phenoxy) is 1. The SMILES string of the molecule is O=C(CSc1nnc(-c2ccco2)n1CC1CCCO1)NC1CCCCC1. The Morgan fingerprint density at radius 1 is 1.22 bits per heavy atom. The summed E-state index contributed by atoms with van der Waals surface area (Å²) in [4.78, 5) is 12.3. The largest absolute Gasteiger partial charge is 0.461 e. The number of aromatic nitrogens is 3. The lowest BCUT2D eigenvalue weighted by Gasteiger charge is -2.22. The van der Waals surface area contributed by atoms with Crippen molar-refractivity contribution in [2.24, 2.45) is 0 Å². The van der Waals surface area contributed by atoms with Gasteiger partial charge in [0.15, 0.2) is 10.9 Å². The molecule has 2 aromatic heterocycles. The van der Waals surface area contributed by atoms with Crippen molar-refractivity contribution >= 4 is 17.7 Å². The first-order valence-corrected chi connectivity index (χ1v) is 10.8. The number of thioether (sulfide) groups is 1. The summed E-state index contributed by atoms with van der Waals surface area (Å²) in [7, 11) is 0. The standard InChI is InChI=1S/C19H26N4O3S/c24-17(20-14-6-2-1-3-7-14)13-27-19-22-21-18(16-9-5-11-26-16)23(19)12-15-8-4-10-25-15/h5,9,11,14-15H,1-4,6-8,10,12-13H2,(H,20,24). The predicted molar refractivity (Wildman–Crippen MR) is 102 cm³/mol. The molecule has 0 bridgehead atoms. The lowest BCUT2D eigenvalue weighted by Crippen LogP contribution is -2.37. The number of carbonyl (C=O) groups excluding carboxylic acids is 1. The Hall–Kier alpha value is -1.80. The molecule has 1 saturated carbocycles. The molecule has 4 rings (SSSR count). The average molecular weight is 391 g/mol. The molecule has 1 N–H and O–H groups in total. The third kappa shape index (κ3) is 4.73. The second-order valence-corrected chi connectivity index (χ2v) is 8.16. The summed E-state index contributed by atoms with van der Waals surface area (Å²) in [5.74, 6) is 1.78. The maximum absolute atomic E-state index is 12.3. The van der Waals surface area contributed by atoms with Crippen LogP contribution in [0.2, 0.25) is 0 Å². The number of nitrogens with one attached hydrogen (secondary N) is 1. The van der Waals surface area contributed by atoms with Crippen LogP contribution >= 0.6 is 11.8 Å². The van der Waals surface area contributed by atoms with Gasteiger partial charge in [-0.25, -0.2) is 0 Å². The Bertz CT molecular complexity index is 734. The Labute approximate surface area is 163 Å². The minimum atomic E-state index is 0.0677. The van der Waals surface area contributed by atoms with Crippen molar-refractivity contribution in [2.75, 3.05) is 12.4 Å². The van der Waals surface area contributed by atoms with Gasteiger partial charge in [-0.15, -0.1) is 10.2 Å². The maximum atomic E-state index is 12.3. The molecule has 3 heterocycles. The molecule has 2 aliphatic rings. The monoisotopic (exact) mass is 390 g/mol. The number of hydrogen-bond donors (Lipinski definition) is 1. The van der Waals surface area contributed by atoms with Gasteiger partial charge in [0.05, 0.1) is 24.7 Å². The summed E-state index contributed by atoms with van der Waals surface area (Å²) in [5.41, 5.74) is 0. The van der Waals surface area contributed by atoms with Gasteiger partial charge in [-0.2, -0.15) is 0 Å². The van der Waals surface area contributed by atoms with Gasteiger partial charge in [-0.05, 0) is 37.8 Å². The fourth-order valence-electron chi connectivity index (χ4n) is 3.79. The van der Waals surface area contributed by atoms with Crippen LogP contribution < -0.4 is 5.32 Å². The van der Waals surface area contributed by atoms with Crippen LogP contribution in [0.1, 0.15) is 44.9 Å². The van der Waals surface area contributed by atoms with Crippen molar-refractivity contribution in [2.45, 2.75) is 68.8 Å². The Kier molecular flexibility index (Phi) is 6.14. The molecule has 0 spiro atoms. The van der Waals surface area contributed by atoms with E-state index in [1.54, 1.807) is 6.26 Å². The first-order valence-electron chi connectivity index (χ1n) is 9.80. The van der Waals surface area contributed by atoms with E-state index in [2.05, 4.69) is 15.5 Å². The van der Waals surface area contributed by atoms with E-state index >= 15 is 0 Å². The summed E-state index contributed by atoms with van der Waals surface area (Å²) in [6, 6.07) is 4.04. The molecule has 1 unspecified atom stereocenters. The first kappa shape index (κ1) is 18.6. The van der Waals surface area contributed by atoms with Crippen LogP contribution in [-0.4, -0.2) is 45.2 Å². The molecule has 146 valence electrons. The number of nitrogens with zero attached hydrogens (tertiary/aromatic N) is 3. The Morgan fingerprint density at radius 2 is 2.11 bits per heavy atom. The maximum Gasteiger partial charge on any atom is 0.230 e. The molecule has 1 amide bonds. The smallest absolute Gasteiger partial charge is 0.230 e. The number of amides is 1. The van der Waals surface area contributed by atoms with E-state index in [-0.39, 0.29) is 12.0 Å². The lowest BCUT2D eigenvalue weighted by atomic mass is 9.95. The first-order chi connectivity index (χ1) is 13.3. The van der Waals surface area contributed by atoms with Crippen molar-refractivity contribution in [1.82, 2.24) is 20.1 Å². The molecule has 8 heteroatoms. The zero-order chi connectivity index (χ0) is 18.5. The quantitative estimate of drug-likeness (QED) is 0.731. The molecular weight excluding hydrogens is 364 g/mol. The Balaban J connectivity index is 1.42. The zero-order valence-electron chi connectivity index (χ0n) is 15.4. The van der Waals surface area contributed by atoms with E-state index in [0.717, 1.165) is 37.4 Å². The summed E-state index contributed by atoms with van der Waals surface area (Å²) in [5, 5.41) is 12.5. The van der Waals surface area contributed by atoms with E-state index in [0.29, 0.717) is 29.9 Å². The summed E-state index contributed by atoms with van der Waals surface area (Å²) < 4.78 is 13.3. The van der Waals surface area contributed by atoms with E-state index in [1.165, 1.54) is 31.0 Å². The molecule has 2 fully saturated rings. The van der Waals surface area contributed by atoms with Crippen LogP contribution in [0.25, 0.3) is 11.6 Å². The minimum Gasteiger partial charge on any atom is -0.461 e. The van der Waals surface area contributed by atoms with E-state index in [1.807, 2.05) is 16.7 Å². The molecule has 1 aliphatic carbocycles. The van der Waals surface area contributed by atoms with Crippen LogP contribution in [0.4, 0.5) is 0 Å². The number of rotatable bonds is 7. The number of furan rings is 1. The van der Waals surface area contributed by atoms with E-state index in [9.17, 15) is 4.79 Å².